The van der Waals surface area contributed by atoms with Gasteiger partial charge in [-0.15, -0.1) is 0 Å². The average molecular weight is 393 g/mol. The van der Waals surface area contributed by atoms with Crippen molar-refractivity contribution in [3.8, 4) is 0 Å². The van der Waals surface area contributed by atoms with E-state index in [1.165, 1.54) is 16.8 Å². The summed E-state index contributed by atoms with van der Waals surface area (Å²) in [6.07, 6.45) is 3.70. The number of aryl methyl sites for hydroxylation is 1. The first-order valence-electron chi connectivity index (χ1n) is 10.1. The van der Waals surface area contributed by atoms with Gasteiger partial charge in [-0.1, -0.05) is 43.2 Å². The highest BCUT2D eigenvalue weighted by Gasteiger charge is 2.27. The molecule has 4 rings (SSSR count). The van der Waals surface area contributed by atoms with Crippen LogP contribution in [0, 0.1) is 12.7 Å². The van der Waals surface area contributed by atoms with E-state index in [0.29, 0.717) is 17.6 Å². The van der Waals surface area contributed by atoms with Crippen molar-refractivity contribution in [1.29, 1.82) is 0 Å². The minimum atomic E-state index is -0.304. The number of likely N-dealkylation sites (tertiary alicyclic amines) is 1. The van der Waals surface area contributed by atoms with Gasteiger partial charge in [0.05, 0.1) is 17.1 Å². The van der Waals surface area contributed by atoms with Gasteiger partial charge in [-0.25, -0.2) is 9.07 Å². The van der Waals surface area contributed by atoms with Crippen LogP contribution in [0.2, 0.25) is 0 Å². The van der Waals surface area contributed by atoms with Crippen molar-refractivity contribution in [2.75, 3.05) is 6.54 Å². The summed E-state index contributed by atoms with van der Waals surface area (Å²) in [6.45, 7) is 2.32. The van der Waals surface area contributed by atoms with Crippen LogP contribution in [0.4, 0.5) is 4.39 Å². The van der Waals surface area contributed by atoms with Gasteiger partial charge in [0.1, 0.15) is 12.4 Å². The summed E-state index contributed by atoms with van der Waals surface area (Å²) in [6, 6.07) is 13.6. The topological polar surface area (TPSA) is 55.2 Å². The molecule has 5 nitrogen and oxygen atoms in total. The maximum atomic E-state index is 13.8. The number of carbonyl (C=O) groups excluding carboxylic acids is 1. The molecule has 0 bridgehead atoms. The molecule has 0 saturated carbocycles. The summed E-state index contributed by atoms with van der Waals surface area (Å²) in [4.78, 5) is 27.9. The van der Waals surface area contributed by atoms with E-state index in [0.717, 1.165) is 36.6 Å². The summed E-state index contributed by atoms with van der Waals surface area (Å²) in [5.41, 5.74) is 1.25. The second-order valence-corrected chi connectivity index (χ2v) is 7.60. The largest absolute Gasteiger partial charge is 0.334 e. The van der Waals surface area contributed by atoms with E-state index < -0.39 is 0 Å². The van der Waals surface area contributed by atoms with Crippen LogP contribution in [0.5, 0.6) is 0 Å². The van der Waals surface area contributed by atoms with E-state index in [1.54, 1.807) is 17.0 Å². The number of carbonyl (C=O) groups is 1. The van der Waals surface area contributed by atoms with Crippen LogP contribution in [0.25, 0.3) is 10.8 Å². The molecule has 150 valence electrons. The van der Waals surface area contributed by atoms with Gasteiger partial charge in [0, 0.05) is 11.9 Å². The quantitative estimate of drug-likeness (QED) is 0.676. The maximum absolute atomic E-state index is 13.8. The van der Waals surface area contributed by atoms with Crippen LogP contribution in [0.1, 0.15) is 43.0 Å². The van der Waals surface area contributed by atoms with Gasteiger partial charge in [-0.3, -0.25) is 9.59 Å². The maximum Gasteiger partial charge on any atom is 0.275 e. The number of nitrogens with zero attached hydrogens (tertiary/aromatic N) is 3. The summed E-state index contributed by atoms with van der Waals surface area (Å²) < 4.78 is 15.0. The smallest absolute Gasteiger partial charge is 0.275 e. The van der Waals surface area contributed by atoms with Crippen molar-refractivity contribution in [3.63, 3.8) is 0 Å². The van der Waals surface area contributed by atoms with Crippen LogP contribution in [0.3, 0.4) is 0 Å². The Morgan fingerprint density at radius 2 is 1.90 bits per heavy atom. The lowest BCUT2D eigenvalue weighted by molar-refractivity contribution is -0.134. The first-order valence-corrected chi connectivity index (χ1v) is 10.1. The SMILES string of the molecule is Cc1nn(CC(=O)N2CCCCCC2c2cccc(F)c2)c(=O)c2ccccc12. The third kappa shape index (κ3) is 3.92. The second kappa shape index (κ2) is 8.15. The Labute approximate surface area is 168 Å². The molecule has 29 heavy (non-hydrogen) atoms. The molecule has 1 aliphatic heterocycles. The highest BCUT2D eigenvalue weighted by molar-refractivity contribution is 5.83. The number of fused-ring (bicyclic) bond motifs is 1. The zero-order valence-corrected chi connectivity index (χ0v) is 16.5. The number of halogens is 1. The highest BCUT2D eigenvalue weighted by Crippen LogP contribution is 2.30. The molecule has 6 heteroatoms. The summed E-state index contributed by atoms with van der Waals surface area (Å²) in [7, 11) is 0. The molecular weight excluding hydrogens is 369 g/mol. The molecule has 3 aromatic rings. The molecule has 1 fully saturated rings. The van der Waals surface area contributed by atoms with Gasteiger partial charge in [-0.05, 0) is 43.5 Å². The zero-order valence-electron chi connectivity index (χ0n) is 16.5. The minimum absolute atomic E-state index is 0.115. The van der Waals surface area contributed by atoms with Gasteiger partial charge in [-0.2, -0.15) is 5.10 Å². The molecule has 0 radical (unpaired) electrons. The zero-order chi connectivity index (χ0) is 20.4. The van der Waals surface area contributed by atoms with Gasteiger partial charge >= 0.3 is 0 Å². The number of rotatable bonds is 3. The van der Waals surface area contributed by atoms with Crippen LogP contribution in [0.15, 0.2) is 53.3 Å². The lowest BCUT2D eigenvalue weighted by Crippen LogP contribution is -2.40. The van der Waals surface area contributed by atoms with Gasteiger partial charge in [0.2, 0.25) is 5.91 Å². The van der Waals surface area contributed by atoms with Gasteiger partial charge in [0.25, 0.3) is 5.56 Å². The number of benzene rings is 2. The van der Waals surface area contributed by atoms with Gasteiger partial charge in [0.15, 0.2) is 0 Å². The fraction of sp³-hybridized carbons (Fsp3) is 0.348. The normalized spacial score (nSPS) is 17.3. The lowest BCUT2D eigenvalue weighted by atomic mass is 10.0. The number of aromatic nitrogens is 2. The standard InChI is InChI=1S/C23H24FN3O2/c1-16-19-10-4-5-11-20(19)23(29)27(25-16)15-22(28)26-13-6-2-3-12-21(26)17-8-7-9-18(24)14-17/h4-5,7-11,14,21H,2-3,6,12-13,15H2,1H3. The molecule has 1 saturated heterocycles. The van der Waals surface area contributed by atoms with Crippen molar-refractivity contribution in [3.05, 3.63) is 76.0 Å². The molecule has 2 aromatic carbocycles. The molecule has 2 heterocycles. The summed E-state index contributed by atoms with van der Waals surface area (Å²) in [5, 5.41) is 5.73. The molecule has 1 unspecified atom stereocenters. The van der Waals surface area contributed by atoms with Crippen LogP contribution in [-0.4, -0.2) is 27.1 Å². The number of hydrogen-bond acceptors (Lipinski definition) is 3. The van der Waals surface area contributed by atoms with E-state index in [2.05, 4.69) is 5.10 Å². The second-order valence-electron chi connectivity index (χ2n) is 7.60. The molecule has 1 amide bonds. The van der Waals surface area contributed by atoms with E-state index in [4.69, 9.17) is 0 Å². The Morgan fingerprint density at radius 1 is 1.10 bits per heavy atom. The Kier molecular flexibility index (Phi) is 5.43. The Morgan fingerprint density at radius 3 is 2.69 bits per heavy atom. The van der Waals surface area contributed by atoms with E-state index >= 15 is 0 Å². The summed E-state index contributed by atoms with van der Waals surface area (Å²) in [5.74, 6) is -0.465. The third-order valence-corrected chi connectivity index (χ3v) is 5.64. The van der Waals surface area contributed by atoms with Crippen LogP contribution >= 0.6 is 0 Å². The van der Waals surface area contributed by atoms with Crippen molar-refractivity contribution in [2.24, 2.45) is 0 Å². The number of amides is 1. The monoisotopic (exact) mass is 393 g/mol. The Bertz CT molecular complexity index is 1110. The van der Waals surface area contributed by atoms with Crippen molar-refractivity contribution < 1.29 is 9.18 Å². The van der Waals surface area contributed by atoms with Crippen LogP contribution < -0.4 is 5.56 Å². The highest BCUT2D eigenvalue weighted by atomic mass is 19.1. The number of hydrogen-bond donors (Lipinski definition) is 0. The predicted molar refractivity (Wildman–Crippen MR) is 110 cm³/mol. The first-order chi connectivity index (χ1) is 14.0. The molecule has 1 aromatic heterocycles. The third-order valence-electron chi connectivity index (χ3n) is 5.64. The summed E-state index contributed by atoms with van der Waals surface area (Å²) >= 11 is 0. The van der Waals surface area contributed by atoms with E-state index in [9.17, 15) is 14.0 Å². The molecule has 0 aliphatic carbocycles. The van der Waals surface area contributed by atoms with E-state index in [1.807, 2.05) is 31.2 Å². The molecule has 0 spiro atoms. The Balaban J connectivity index is 1.66. The van der Waals surface area contributed by atoms with Crippen LogP contribution in [-0.2, 0) is 11.3 Å². The molecule has 1 aliphatic rings. The van der Waals surface area contributed by atoms with E-state index in [-0.39, 0.29) is 29.9 Å². The predicted octanol–water partition coefficient (Wildman–Crippen LogP) is 3.99. The van der Waals surface area contributed by atoms with Crippen molar-refractivity contribution in [1.82, 2.24) is 14.7 Å². The molecule has 0 N–H and O–H groups in total. The fourth-order valence-corrected chi connectivity index (χ4v) is 4.20. The van der Waals surface area contributed by atoms with Crippen molar-refractivity contribution >= 4 is 16.7 Å². The van der Waals surface area contributed by atoms with Gasteiger partial charge < -0.3 is 4.90 Å². The van der Waals surface area contributed by atoms with Crippen molar-refractivity contribution in [2.45, 2.75) is 45.2 Å². The first kappa shape index (κ1) is 19.3. The Hall–Kier alpha value is -3.02. The molecule has 1 atom stereocenters. The fourth-order valence-electron chi connectivity index (χ4n) is 4.20. The lowest BCUT2D eigenvalue weighted by Gasteiger charge is -2.30. The minimum Gasteiger partial charge on any atom is -0.334 e. The molecular formula is C23H24FN3O2. The average Bonchev–Trinajstić information content (AvgIpc) is 2.98.